The molecule has 1 fully saturated rings. The van der Waals surface area contributed by atoms with Crippen molar-refractivity contribution in [3.05, 3.63) is 30.0 Å². The number of amides is 1. The minimum absolute atomic E-state index is 0.0147. The van der Waals surface area contributed by atoms with Crippen LogP contribution in [0.25, 0.3) is 10.9 Å². The van der Waals surface area contributed by atoms with Crippen molar-refractivity contribution in [2.75, 3.05) is 13.1 Å². The first-order chi connectivity index (χ1) is 12.1. The number of piperidine rings is 1. The van der Waals surface area contributed by atoms with Crippen molar-refractivity contribution in [1.82, 2.24) is 10.3 Å². The molecule has 0 radical (unpaired) electrons. The average Bonchev–Trinajstić information content (AvgIpc) is 2.62. The van der Waals surface area contributed by atoms with Gasteiger partial charge in [0.1, 0.15) is 17.6 Å². The van der Waals surface area contributed by atoms with Crippen molar-refractivity contribution < 1.29 is 14.3 Å². The number of nitrogens with one attached hydrogen (secondary N) is 1. The maximum absolute atomic E-state index is 11.8. The van der Waals surface area contributed by atoms with Gasteiger partial charge in [0.25, 0.3) is 5.91 Å². The van der Waals surface area contributed by atoms with E-state index in [9.17, 15) is 4.79 Å². The Morgan fingerprint density at radius 3 is 2.96 bits per heavy atom. The molecule has 1 saturated heterocycles. The number of nitrogens with two attached hydrogens (primary N) is 1. The van der Waals surface area contributed by atoms with E-state index in [2.05, 4.69) is 10.3 Å². The molecule has 134 valence electrons. The number of nitrogens with zero attached hydrogens (tertiary/aromatic N) is 1. The lowest BCUT2D eigenvalue weighted by Gasteiger charge is -2.24. The molecule has 0 saturated carbocycles. The summed E-state index contributed by atoms with van der Waals surface area (Å²) in [5, 5.41) is 4.18. The third-order valence-corrected chi connectivity index (χ3v) is 4.52. The van der Waals surface area contributed by atoms with Crippen molar-refractivity contribution in [2.24, 2.45) is 5.73 Å². The van der Waals surface area contributed by atoms with E-state index >= 15 is 0 Å². The summed E-state index contributed by atoms with van der Waals surface area (Å²) in [6.45, 7) is 5.86. The van der Waals surface area contributed by atoms with Gasteiger partial charge < -0.3 is 20.5 Å². The molecule has 1 amide bonds. The molecule has 1 aromatic heterocycles. The molecule has 2 heterocycles. The zero-order valence-corrected chi connectivity index (χ0v) is 14.7. The van der Waals surface area contributed by atoms with Crippen LogP contribution in [0.2, 0.25) is 0 Å². The van der Waals surface area contributed by atoms with E-state index in [1.165, 1.54) is 0 Å². The van der Waals surface area contributed by atoms with Crippen molar-refractivity contribution in [3.8, 4) is 11.5 Å². The minimum Gasteiger partial charge on any atom is -0.490 e. The van der Waals surface area contributed by atoms with Crippen LogP contribution in [-0.2, 0) is 0 Å². The summed E-state index contributed by atoms with van der Waals surface area (Å²) < 4.78 is 12.1. The topological polar surface area (TPSA) is 86.5 Å². The number of carbonyl (C=O) groups excluding carboxylic acids is 1. The molecular weight excluding hydrogens is 318 g/mol. The molecule has 1 aliphatic heterocycles. The summed E-state index contributed by atoms with van der Waals surface area (Å²) >= 11 is 0. The van der Waals surface area contributed by atoms with Crippen molar-refractivity contribution in [3.63, 3.8) is 0 Å². The van der Waals surface area contributed by atoms with Gasteiger partial charge in [-0.3, -0.25) is 9.78 Å². The maximum atomic E-state index is 11.8. The number of aromatic nitrogens is 1. The molecule has 2 atom stereocenters. The highest BCUT2D eigenvalue weighted by molar-refractivity contribution is 6.01. The summed E-state index contributed by atoms with van der Waals surface area (Å²) in [5.74, 6) is 0.711. The molecule has 0 bridgehead atoms. The maximum Gasteiger partial charge on any atom is 0.252 e. The predicted molar refractivity (Wildman–Crippen MR) is 97.2 cm³/mol. The quantitative estimate of drug-likeness (QED) is 0.842. The number of pyridine rings is 1. The zero-order valence-electron chi connectivity index (χ0n) is 14.7. The zero-order chi connectivity index (χ0) is 17.8. The highest BCUT2D eigenvalue weighted by Gasteiger charge is 2.19. The smallest absolute Gasteiger partial charge is 0.252 e. The molecule has 2 unspecified atom stereocenters. The molecule has 0 aliphatic carbocycles. The standard InChI is InChI=1S/C19H25N3O3/c1-3-12(2)24-18-10-14-16(9-15(18)19(20)23)22-8-6-17(14)25-13-5-4-7-21-11-13/h6,8-10,12-13,21H,3-5,7,11H2,1-2H3,(H2,20,23). The lowest BCUT2D eigenvalue weighted by atomic mass is 10.1. The van der Waals surface area contributed by atoms with E-state index in [1.807, 2.05) is 26.0 Å². The normalized spacial score (nSPS) is 18.7. The van der Waals surface area contributed by atoms with Crippen LogP contribution in [0.4, 0.5) is 0 Å². The monoisotopic (exact) mass is 343 g/mol. The fourth-order valence-electron chi connectivity index (χ4n) is 2.94. The van der Waals surface area contributed by atoms with Gasteiger partial charge in [-0.25, -0.2) is 0 Å². The van der Waals surface area contributed by atoms with Gasteiger partial charge in [0.05, 0.1) is 17.2 Å². The number of rotatable bonds is 6. The van der Waals surface area contributed by atoms with Crippen molar-refractivity contribution >= 4 is 16.8 Å². The second kappa shape index (κ2) is 7.70. The van der Waals surface area contributed by atoms with Gasteiger partial charge in [0.2, 0.25) is 0 Å². The van der Waals surface area contributed by atoms with E-state index in [4.69, 9.17) is 15.2 Å². The van der Waals surface area contributed by atoms with Crippen molar-refractivity contribution in [2.45, 2.75) is 45.3 Å². The summed E-state index contributed by atoms with van der Waals surface area (Å²) in [6.07, 6.45) is 4.76. The summed E-state index contributed by atoms with van der Waals surface area (Å²) in [6, 6.07) is 5.36. The van der Waals surface area contributed by atoms with Gasteiger partial charge in [-0.05, 0) is 50.9 Å². The number of fused-ring (bicyclic) bond motifs is 1. The van der Waals surface area contributed by atoms with Gasteiger partial charge in [0.15, 0.2) is 0 Å². The number of primary amides is 1. The van der Waals surface area contributed by atoms with Crippen LogP contribution < -0.4 is 20.5 Å². The number of ether oxygens (including phenoxy) is 2. The lowest BCUT2D eigenvalue weighted by molar-refractivity contribution is 0.0993. The molecule has 6 heteroatoms. The number of carbonyl (C=O) groups is 1. The van der Waals surface area contributed by atoms with Gasteiger partial charge in [0, 0.05) is 18.1 Å². The fourth-order valence-corrected chi connectivity index (χ4v) is 2.94. The van der Waals surface area contributed by atoms with Crippen LogP contribution in [-0.4, -0.2) is 36.2 Å². The predicted octanol–water partition coefficient (Wildman–Crippen LogP) is 2.64. The average molecular weight is 343 g/mol. The molecule has 1 aromatic carbocycles. The lowest BCUT2D eigenvalue weighted by Crippen LogP contribution is -2.37. The van der Waals surface area contributed by atoms with Crippen LogP contribution in [0, 0.1) is 0 Å². The highest BCUT2D eigenvalue weighted by atomic mass is 16.5. The Kier molecular flexibility index (Phi) is 5.38. The third kappa shape index (κ3) is 4.02. The SMILES string of the molecule is CCC(C)Oc1cc2c(OC3CCCNC3)ccnc2cc1C(N)=O. The molecule has 1 aliphatic rings. The van der Waals surface area contributed by atoms with E-state index < -0.39 is 5.91 Å². The Bertz CT molecular complexity index is 757. The molecule has 25 heavy (non-hydrogen) atoms. The van der Waals surface area contributed by atoms with E-state index in [0.717, 1.165) is 43.5 Å². The highest BCUT2D eigenvalue weighted by Crippen LogP contribution is 2.32. The van der Waals surface area contributed by atoms with Crippen LogP contribution >= 0.6 is 0 Å². The van der Waals surface area contributed by atoms with Crippen LogP contribution in [0.15, 0.2) is 24.4 Å². The van der Waals surface area contributed by atoms with Gasteiger partial charge in [-0.15, -0.1) is 0 Å². The molecule has 3 N–H and O–H groups in total. The summed E-state index contributed by atoms with van der Waals surface area (Å²) in [7, 11) is 0. The van der Waals surface area contributed by atoms with E-state index in [1.54, 1.807) is 12.3 Å². The Labute approximate surface area is 147 Å². The first kappa shape index (κ1) is 17.5. The molecule has 0 spiro atoms. The first-order valence-electron chi connectivity index (χ1n) is 8.85. The summed E-state index contributed by atoms with van der Waals surface area (Å²) in [4.78, 5) is 16.2. The third-order valence-electron chi connectivity index (χ3n) is 4.52. The minimum atomic E-state index is -0.523. The Morgan fingerprint density at radius 1 is 1.44 bits per heavy atom. The van der Waals surface area contributed by atoms with Crippen LogP contribution in [0.5, 0.6) is 11.5 Å². The molecule has 6 nitrogen and oxygen atoms in total. The second-order valence-electron chi connectivity index (χ2n) is 6.46. The van der Waals surface area contributed by atoms with Gasteiger partial charge >= 0.3 is 0 Å². The number of hydrogen-bond donors (Lipinski definition) is 2. The van der Waals surface area contributed by atoms with Gasteiger partial charge in [-0.2, -0.15) is 0 Å². The Hall–Kier alpha value is -2.34. The van der Waals surface area contributed by atoms with Crippen LogP contribution in [0.1, 0.15) is 43.5 Å². The molecule has 2 aromatic rings. The summed E-state index contributed by atoms with van der Waals surface area (Å²) in [5.41, 5.74) is 6.54. The second-order valence-corrected chi connectivity index (χ2v) is 6.46. The van der Waals surface area contributed by atoms with E-state index in [-0.39, 0.29) is 12.2 Å². The van der Waals surface area contributed by atoms with Crippen LogP contribution in [0.3, 0.4) is 0 Å². The molecule has 3 rings (SSSR count). The number of hydrogen-bond acceptors (Lipinski definition) is 5. The molecular formula is C19H25N3O3. The van der Waals surface area contributed by atoms with E-state index in [0.29, 0.717) is 16.8 Å². The fraction of sp³-hybridized carbons (Fsp3) is 0.474. The largest absolute Gasteiger partial charge is 0.490 e. The Morgan fingerprint density at radius 2 is 2.28 bits per heavy atom. The van der Waals surface area contributed by atoms with Crippen molar-refractivity contribution in [1.29, 1.82) is 0 Å². The Balaban J connectivity index is 2.00. The number of benzene rings is 1. The first-order valence-corrected chi connectivity index (χ1v) is 8.85. The van der Waals surface area contributed by atoms with Gasteiger partial charge in [-0.1, -0.05) is 6.92 Å².